The van der Waals surface area contributed by atoms with Gasteiger partial charge in [-0.25, -0.2) is 0 Å². The Labute approximate surface area is 150 Å². The highest BCUT2D eigenvalue weighted by Gasteiger charge is 2.13. The molecule has 0 saturated carbocycles. The van der Waals surface area contributed by atoms with Crippen LogP contribution in [0.1, 0.15) is 55.2 Å². The van der Waals surface area contributed by atoms with Crippen molar-refractivity contribution in [2.75, 3.05) is 18.4 Å². The SMILES string of the molecule is Cc1cc(C)n(C(C)CNCC(=O)Nc2c(C)cccc2C(C)C)n1. The molecule has 1 aromatic heterocycles. The summed E-state index contributed by atoms with van der Waals surface area (Å²) in [5, 5.41) is 10.8. The van der Waals surface area contributed by atoms with E-state index >= 15 is 0 Å². The van der Waals surface area contributed by atoms with E-state index in [1.807, 2.05) is 30.7 Å². The van der Waals surface area contributed by atoms with Crippen molar-refractivity contribution < 1.29 is 4.79 Å². The fourth-order valence-corrected chi connectivity index (χ4v) is 3.10. The van der Waals surface area contributed by atoms with Gasteiger partial charge in [-0.2, -0.15) is 5.10 Å². The lowest BCUT2D eigenvalue weighted by Gasteiger charge is -2.18. The third-order valence-electron chi connectivity index (χ3n) is 4.38. The summed E-state index contributed by atoms with van der Waals surface area (Å²) in [6.07, 6.45) is 0. The molecule has 5 nitrogen and oxygen atoms in total. The molecule has 136 valence electrons. The maximum atomic E-state index is 12.3. The summed E-state index contributed by atoms with van der Waals surface area (Å²) in [6.45, 7) is 13.4. The predicted molar refractivity (Wildman–Crippen MR) is 103 cm³/mol. The number of para-hydroxylation sites is 1. The number of aryl methyl sites for hydroxylation is 3. The van der Waals surface area contributed by atoms with E-state index in [1.165, 1.54) is 5.56 Å². The van der Waals surface area contributed by atoms with Gasteiger partial charge in [0.25, 0.3) is 0 Å². The molecule has 0 fully saturated rings. The Balaban J connectivity index is 1.90. The summed E-state index contributed by atoms with van der Waals surface area (Å²) < 4.78 is 2.00. The van der Waals surface area contributed by atoms with Gasteiger partial charge < -0.3 is 10.6 Å². The van der Waals surface area contributed by atoms with Crippen LogP contribution >= 0.6 is 0 Å². The molecule has 1 atom stereocenters. The molecule has 5 heteroatoms. The molecule has 0 spiro atoms. The fraction of sp³-hybridized carbons (Fsp3) is 0.500. The van der Waals surface area contributed by atoms with Gasteiger partial charge in [0.05, 0.1) is 18.3 Å². The van der Waals surface area contributed by atoms with Crippen molar-refractivity contribution in [3.63, 3.8) is 0 Å². The van der Waals surface area contributed by atoms with Crippen LogP contribution in [0.15, 0.2) is 24.3 Å². The van der Waals surface area contributed by atoms with Gasteiger partial charge in [0.2, 0.25) is 5.91 Å². The Hall–Kier alpha value is -2.14. The van der Waals surface area contributed by atoms with Gasteiger partial charge in [-0.3, -0.25) is 9.48 Å². The lowest BCUT2D eigenvalue weighted by atomic mass is 9.98. The van der Waals surface area contributed by atoms with E-state index in [9.17, 15) is 4.79 Å². The minimum Gasteiger partial charge on any atom is -0.324 e. The molecule has 25 heavy (non-hydrogen) atoms. The molecule has 0 aliphatic heterocycles. The van der Waals surface area contributed by atoms with E-state index in [2.05, 4.69) is 55.6 Å². The smallest absolute Gasteiger partial charge is 0.238 e. The second-order valence-electron chi connectivity index (χ2n) is 7.09. The van der Waals surface area contributed by atoms with Crippen molar-refractivity contribution in [2.24, 2.45) is 0 Å². The maximum Gasteiger partial charge on any atom is 0.238 e. The zero-order chi connectivity index (χ0) is 18.6. The Morgan fingerprint density at radius 1 is 1.20 bits per heavy atom. The van der Waals surface area contributed by atoms with Crippen LogP contribution in [0.4, 0.5) is 5.69 Å². The number of anilines is 1. The van der Waals surface area contributed by atoms with Crippen LogP contribution in [-0.4, -0.2) is 28.8 Å². The number of carbonyl (C=O) groups is 1. The van der Waals surface area contributed by atoms with Crippen molar-refractivity contribution >= 4 is 11.6 Å². The lowest BCUT2D eigenvalue weighted by molar-refractivity contribution is -0.115. The van der Waals surface area contributed by atoms with E-state index in [-0.39, 0.29) is 18.5 Å². The molecule has 0 aliphatic rings. The van der Waals surface area contributed by atoms with Crippen molar-refractivity contribution in [3.8, 4) is 0 Å². The minimum absolute atomic E-state index is 0.0169. The van der Waals surface area contributed by atoms with E-state index in [4.69, 9.17) is 0 Å². The molecule has 2 rings (SSSR count). The summed E-state index contributed by atoms with van der Waals surface area (Å²) in [4.78, 5) is 12.3. The van der Waals surface area contributed by atoms with Crippen molar-refractivity contribution in [3.05, 3.63) is 46.8 Å². The predicted octanol–water partition coefficient (Wildman–Crippen LogP) is 3.72. The van der Waals surface area contributed by atoms with E-state index in [0.717, 1.165) is 22.6 Å². The number of carbonyl (C=O) groups excluding carboxylic acids is 1. The molecule has 0 aliphatic carbocycles. The Morgan fingerprint density at radius 2 is 1.92 bits per heavy atom. The average molecular weight is 342 g/mol. The lowest BCUT2D eigenvalue weighted by Crippen LogP contribution is -2.32. The summed E-state index contributed by atoms with van der Waals surface area (Å²) in [5.41, 5.74) is 5.36. The number of benzene rings is 1. The average Bonchev–Trinajstić information content (AvgIpc) is 2.87. The molecule has 0 saturated heterocycles. The standard InChI is InChI=1S/C20H30N4O/c1-13(2)18-9-7-8-14(3)20(18)22-19(25)12-21-11-17(6)24-16(5)10-15(4)23-24/h7-10,13,17,21H,11-12H2,1-6H3,(H,22,25). The summed E-state index contributed by atoms with van der Waals surface area (Å²) in [7, 11) is 0. The van der Waals surface area contributed by atoms with Crippen LogP contribution in [0.25, 0.3) is 0 Å². The van der Waals surface area contributed by atoms with Gasteiger partial charge in [-0.1, -0.05) is 32.0 Å². The number of nitrogens with zero attached hydrogens (tertiary/aromatic N) is 2. The number of amides is 1. The van der Waals surface area contributed by atoms with Crippen molar-refractivity contribution in [2.45, 2.75) is 53.5 Å². The zero-order valence-corrected chi connectivity index (χ0v) is 16.2. The van der Waals surface area contributed by atoms with E-state index < -0.39 is 0 Å². The highest BCUT2D eigenvalue weighted by atomic mass is 16.1. The molecule has 1 unspecified atom stereocenters. The minimum atomic E-state index is -0.0169. The number of nitrogens with one attached hydrogen (secondary N) is 2. The third kappa shape index (κ3) is 4.92. The highest BCUT2D eigenvalue weighted by Crippen LogP contribution is 2.27. The largest absolute Gasteiger partial charge is 0.324 e. The van der Waals surface area contributed by atoms with Crippen LogP contribution in [0, 0.1) is 20.8 Å². The molecule has 2 aromatic rings. The van der Waals surface area contributed by atoms with Crippen LogP contribution in [0.5, 0.6) is 0 Å². The number of rotatable bonds is 7. The second kappa shape index (κ2) is 8.30. The summed E-state index contributed by atoms with van der Waals surface area (Å²) >= 11 is 0. The second-order valence-corrected chi connectivity index (χ2v) is 7.09. The summed E-state index contributed by atoms with van der Waals surface area (Å²) in [6, 6.07) is 8.40. The first-order valence-electron chi connectivity index (χ1n) is 8.92. The first-order valence-corrected chi connectivity index (χ1v) is 8.92. The van der Waals surface area contributed by atoms with Crippen LogP contribution in [-0.2, 0) is 4.79 Å². The Bertz CT molecular complexity index is 733. The third-order valence-corrected chi connectivity index (χ3v) is 4.38. The monoisotopic (exact) mass is 342 g/mol. The van der Waals surface area contributed by atoms with Crippen LogP contribution in [0.2, 0.25) is 0 Å². The topological polar surface area (TPSA) is 59.0 Å². The fourth-order valence-electron chi connectivity index (χ4n) is 3.10. The first kappa shape index (κ1) is 19.2. The molecule has 1 aromatic carbocycles. The summed E-state index contributed by atoms with van der Waals surface area (Å²) in [5.74, 6) is 0.353. The van der Waals surface area contributed by atoms with Gasteiger partial charge >= 0.3 is 0 Å². The Kier molecular flexibility index (Phi) is 6.37. The first-order chi connectivity index (χ1) is 11.8. The van der Waals surface area contributed by atoms with Crippen LogP contribution in [0.3, 0.4) is 0 Å². The van der Waals surface area contributed by atoms with Gasteiger partial charge in [-0.15, -0.1) is 0 Å². The number of hydrogen-bond donors (Lipinski definition) is 2. The van der Waals surface area contributed by atoms with E-state index in [0.29, 0.717) is 12.5 Å². The molecule has 2 N–H and O–H groups in total. The molecule has 1 heterocycles. The molecule has 0 bridgehead atoms. The Morgan fingerprint density at radius 3 is 2.52 bits per heavy atom. The molecule has 0 radical (unpaired) electrons. The molecular formula is C20H30N4O. The highest BCUT2D eigenvalue weighted by molar-refractivity contribution is 5.93. The van der Waals surface area contributed by atoms with Gasteiger partial charge in [-0.05, 0) is 50.8 Å². The van der Waals surface area contributed by atoms with E-state index in [1.54, 1.807) is 0 Å². The van der Waals surface area contributed by atoms with Crippen LogP contribution < -0.4 is 10.6 Å². The van der Waals surface area contributed by atoms with Crippen molar-refractivity contribution in [1.29, 1.82) is 0 Å². The molecule has 1 amide bonds. The number of hydrogen-bond acceptors (Lipinski definition) is 3. The van der Waals surface area contributed by atoms with Gasteiger partial charge in [0.1, 0.15) is 0 Å². The quantitative estimate of drug-likeness (QED) is 0.806. The molecular weight excluding hydrogens is 312 g/mol. The maximum absolute atomic E-state index is 12.3. The van der Waals surface area contributed by atoms with Gasteiger partial charge in [0, 0.05) is 17.9 Å². The number of aromatic nitrogens is 2. The van der Waals surface area contributed by atoms with Crippen molar-refractivity contribution in [1.82, 2.24) is 15.1 Å². The zero-order valence-electron chi connectivity index (χ0n) is 16.2. The van der Waals surface area contributed by atoms with Gasteiger partial charge in [0.15, 0.2) is 0 Å². The normalized spacial score (nSPS) is 12.4.